The molecule has 32 heavy (non-hydrogen) atoms. The number of nitro benzene ring substituents is 1. The SMILES string of the molecule is CCc1sc2nc(SCc3ccc([N+](=O)[O-])cc3)n(Cc3ccc(C)cc3)c(=O)c2c1C. The predicted molar refractivity (Wildman–Crippen MR) is 131 cm³/mol. The summed E-state index contributed by atoms with van der Waals surface area (Å²) >= 11 is 3.06. The number of hydrogen-bond donors (Lipinski definition) is 0. The Morgan fingerprint density at radius 2 is 1.72 bits per heavy atom. The van der Waals surface area contributed by atoms with E-state index >= 15 is 0 Å². The molecule has 0 saturated heterocycles. The van der Waals surface area contributed by atoms with Crippen molar-refractivity contribution < 1.29 is 4.92 Å². The third-order valence-corrected chi connectivity index (χ3v) is 7.79. The lowest BCUT2D eigenvalue weighted by Gasteiger charge is -2.13. The molecule has 6 nitrogen and oxygen atoms in total. The van der Waals surface area contributed by atoms with Gasteiger partial charge < -0.3 is 0 Å². The van der Waals surface area contributed by atoms with Crippen LogP contribution in [0.25, 0.3) is 10.2 Å². The van der Waals surface area contributed by atoms with E-state index in [9.17, 15) is 14.9 Å². The summed E-state index contributed by atoms with van der Waals surface area (Å²) in [4.78, 5) is 30.9. The van der Waals surface area contributed by atoms with E-state index in [0.29, 0.717) is 22.8 Å². The van der Waals surface area contributed by atoms with Crippen molar-refractivity contribution in [2.75, 3.05) is 0 Å². The van der Waals surface area contributed by atoms with Gasteiger partial charge in [-0.25, -0.2) is 4.98 Å². The van der Waals surface area contributed by atoms with Gasteiger partial charge in [-0.3, -0.25) is 19.5 Å². The average molecular weight is 466 g/mol. The molecule has 0 fully saturated rings. The summed E-state index contributed by atoms with van der Waals surface area (Å²) in [6, 6.07) is 14.7. The maximum atomic E-state index is 13.5. The summed E-state index contributed by atoms with van der Waals surface area (Å²) in [5.41, 5.74) is 4.22. The highest BCUT2D eigenvalue weighted by atomic mass is 32.2. The number of nitro groups is 1. The van der Waals surface area contributed by atoms with Crippen LogP contribution in [-0.2, 0) is 18.7 Å². The van der Waals surface area contributed by atoms with Gasteiger partial charge in [-0.05, 0) is 37.0 Å². The first kappa shape index (κ1) is 22.2. The van der Waals surface area contributed by atoms with Crippen molar-refractivity contribution >= 4 is 39.0 Å². The third-order valence-electron chi connectivity index (χ3n) is 5.41. The van der Waals surface area contributed by atoms with Crippen molar-refractivity contribution in [1.82, 2.24) is 9.55 Å². The molecule has 0 aliphatic carbocycles. The largest absolute Gasteiger partial charge is 0.283 e. The fraction of sp³-hybridized carbons (Fsp3) is 0.250. The van der Waals surface area contributed by atoms with Gasteiger partial charge in [0.05, 0.1) is 16.9 Å². The maximum Gasteiger partial charge on any atom is 0.269 e. The van der Waals surface area contributed by atoms with Crippen molar-refractivity contribution in [1.29, 1.82) is 0 Å². The Morgan fingerprint density at radius 1 is 1.06 bits per heavy atom. The highest BCUT2D eigenvalue weighted by Crippen LogP contribution is 2.31. The minimum absolute atomic E-state index is 0.0183. The normalized spacial score (nSPS) is 11.2. The van der Waals surface area contributed by atoms with Crippen LogP contribution in [0, 0.1) is 24.0 Å². The van der Waals surface area contributed by atoms with Gasteiger partial charge in [0.2, 0.25) is 0 Å². The Balaban J connectivity index is 1.73. The van der Waals surface area contributed by atoms with Crippen LogP contribution in [0.15, 0.2) is 58.5 Å². The number of nitrogens with zero attached hydrogens (tertiary/aromatic N) is 3. The second-order valence-corrected chi connectivity index (χ2v) is 9.69. The van der Waals surface area contributed by atoms with Crippen LogP contribution in [0.4, 0.5) is 5.69 Å². The van der Waals surface area contributed by atoms with Crippen molar-refractivity contribution in [3.05, 3.63) is 96.1 Å². The molecule has 0 bridgehead atoms. The topological polar surface area (TPSA) is 78.0 Å². The Labute approximate surface area is 194 Å². The summed E-state index contributed by atoms with van der Waals surface area (Å²) in [6.07, 6.45) is 0.871. The van der Waals surface area contributed by atoms with Gasteiger partial charge in [0.15, 0.2) is 5.16 Å². The van der Waals surface area contributed by atoms with Gasteiger partial charge in [0.1, 0.15) is 4.83 Å². The van der Waals surface area contributed by atoms with E-state index in [0.717, 1.165) is 27.9 Å². The zero-order chi connectivity index (χ0) is 22.8. The van der Waals surface area contributed by atoms with E-state index in [1.54, 1.807) is 28.0 Å². The molecule has 0 spiro atoms. The van der Waals surface area contributed by atoms with Crippen molar-refractivity contribution in [3.63, 3.8) is 0 Å². The Kier molecular flexibility index (Phi) is 6.43. The molecule has 0 aliphatic heterocycles. The van der Waals surface area contributed by atoms with E-state index in [1.165, 1.54) is 34.3 Å². The third kappa shape index (κ3) is 4.47. The molecular formula is C24H23N3O3S2. The van der Waals surface area contributed by atoms with Gasteiger partial charge in [-0.15, -0.1) is 11.3 Å². The summed E-state index contributed by atoms with van der Waals surface area (Å²) in [5, 5.41) is 12.3. The smallest absolute Gasteiger partial charge is 0.269 e. The molecule has 2 aromatic heterocycles. The Bertz CT molecular complexity index is 1340. The van der Waals surface area contributed by atoms with Crippen molar-refractivity contribution in [2.45, 2.75) is 44.6 Å². The van der Waals surface area contributed by atoms with Gasteiger partial charge in [-0.2, -0.15) is 0 Å². The predicted octanol–water partition coefficient (Wildman–Crippen LogP) is 5.89. The molecule has 4 aromatic rings. The van der Waals surface area contributed by atoms with Gasteiger partial charge >= 0.3 is 0 Å². The number of benzene rings is 2. The second kappa shape index (κ2) is 9.26. The van der Waals surface area contributed by atoms with Gasteiger partial charge in [0, 0.05) is 22.8 Å². The lowest BCUT2D eigenvalue weighted by molar-refractivity contribution is -0.384. The molecule has 2 aromatic carbocycles. The van der Waals surface area contributed by atoms with Crippen molar-refractivity contribution in [3.8, 4) is 0 Å². The zero-order valence-electron chi connectivity index (χ0n) is 18.1. The fourth-order valence-electron chi connectivity index (χ4n) is 3.57. The molecular weight excluding hydrogens is 442 g/mol. The number of fused-ring (bicyclic) bond motifs is 1. The highest BCUT2D eigenvalue weighted by Gasteiger charge is 2.18. The van der Waals surface area contributed by atoms with E-state index < -0.39 is 4.92 Å². The van der Waals surface area contributed by atoms with E-state index in [2.05, 4.69) is 6.92 Å². The minimum atomic E-state index is -0.407. The molecule has 8 heteroatoms. The lowest BCUT2D eigenvalue weighted by Crippen LogP contribution is -2.24. The summed E-state index contributed by atoms with van der Waals surface area (Å²) in [7, 11) is 0. The standard InChI is InChI=1S/C24H23N3O3S2/c1-4-20-16(3)21-22(32-20)25-24(31-14-18-9-11-19(12-10-18)27(29)30)26(23(21)28)13-17-7-5-15(2)6-8-17/h5-12H,4,13-14H2,1-3H3. The molecule has 0 atom stereocenters. The Hall–Kier alpha value is -2.97. The van der Waals surface area contributed by atoms with Gasteiger partial charge in [0.25, 0.3) is 11.2 Å². The fourth-order valence-corrected chi connectivity index (χ4v) is 5.68. The molecule has 0 radical (unpaired) electrons. The number of aryl methyl sites for hydroxylation is 3. The minimum Gasteiger partial charge on any atom is -0.283 e. The molecule has 0 aliphatic rings. The molecule has 2 heterocycles. The van der Waals surface area contributed by atoms with Crippen LogP contribution in [0.2, 0.25) is 0 Å². The average Bonchev–Trinajstić information content (AvgIpc) is 3.11. The molecule has 4 rings (SSSR count). The second-order valence-electron chi connectivity index (χ2n) is 7.67. The maximum absolute atomic E-state index is 13.5. The number of aromatic nitrogens is 2. The van der Waals surface area contributed by atoms with Crippen LogP contribution in [0.5, 0.6) is 0 Å². The first-order valence-electron chi connectivity index (χ1n) is 10.3. The quantitative estimate of drug-likeness (QED) is 0.147. The molecule has 0 unspecified atom stereocenters. The number of non-ortho nitro benzene ring substituents is 1. The van der Waals surface area contributed by atoms with E-state index in [-0.39, 0.29) is 11.2 Å². The summed E-state index contributed by atoms with van der Waals surface area (Å²) in [5.74, 6) is 0.564. The summed E-state index contributed by atoms with van der Waals surface area (Å²) < 4.78 is 1.75. The first-order chi connectivity index (χ1) is 15.4. The van der Waals surface area contributed by atoms with E-state index in [4.69, 9.17) is 4.98 Å². The lowest BCUT2D eigenvalue weighted by atomic mass is 10.1. The molecule has 0 saturated carbocycles. The molecule has 0 N–H and O–H groups in total. The number of thiophene rings is 1. The Morgan fingerprint density at radius 3 is 2.34 bits per heavy atom. The van der Waals surface area contributed by atoms with Crippen LogP contribution in [-0.4, -0.2) is 14.5 Å². The van der Waals surface area contributed by atoms with Crippen molar-refractivity contribution in [2.24, 2.45) is 0 Å². The van der Waals surface area contributed by atoms with E-state index in [1.807, 2.05) is 38.1 Å². The molecule has 164 valence electrons. The number of hydrogen-bond acceptors (Lipinski definition) is 6. The van der Waals surface area contributed by atoms with Crippen LogP contribution < -0.4 is 5.56 Å². The zero-order valence-corrected chi connectivity index (χ0v) is 19.8. The summed E-state index contributed by atoms with van der Waals surface area (Å²) in [6.45, 7) is 6.57. The molecule has 0 amide bonds. The number of rotatable bonds is 7. The monoisotopic (exact) mass is 465 g/mol. The number of thioether (sulfide) groups is 1. The van der Waals surface area contributed by atoms with Crippen LogP contribution >= 0.6 is 23.1 Å². The highest BCUT2D eigenvalue weighted by molar-refractivity contribution is 7.98. The van der Waals surface area contributed by atoms with Crippen LogP contribution in [0.3, 0.4) is 0 Å². The first-order valence-corrected chi connectivity index (χ1v) is 12.1. The van der Waals surface area contributed by atoms with Gasteiger partial charge in [-0.1, -0.05) is 60.6 Å². The van der Waals surface area contributed by atoms with Crippen LogP contribution in [0.1, 0.15) is 34.1 Å².